The second-order valence-electron chi connectivity index (χ2n) is 3.94. The van der Waals surface area contributed by atoms with Gasteiger partial charge in [0, 0.05) is 6.04 Å². The molecule has 0 saturated heterocycles. The van der Waals surface area contributed by atoms with Crippen molar-refractivity contribution in [2.45, 2.75) is 26.8 Å². The zero-order valence-electron chi connectivity index (χ0n) is 9.37. The van der Waals surface area contributed by atoms with E-state index >= 15 is 0 Å². The maximum atomic E-state index is 6.11. The molecule has 0 bridgehead atoms. The largest absolute Gasteiger partial charge is 0.496 e. The third-order valence-corrected chi connectivity index (χ3v) is 2.62. The van der Waals surface area contributed by atoms with Crippen molar-refractivity contribution in [1.29, 1.82) is 0 Å². The molecular formula is C12H19NO. The van der Waals surface area contributed by atoms with E-state index in [2.05, 4.69) is 26.8 Å². The van der Waals surface area contributed by atoms with E-state index in [0.717, 1.165) is 11.3 Å². The van der Waals surface area contributed by atoms with Gasteiger partial charge in [0.15, 0.2) is 0 Å². The van der Waals surface area contributed by atoms with Crippen molar-refractivity contribution in [3.63, 3.8) is 0 Å². The fourth-order valence-electron chi connectivity index (χ4n) is 1.57. The maximum absolute atomic E-state index is 6.11. The van der Waals surface area contributed by atoms with Crippen LogP contribution in [0.5, 0.6) is 5.75 Å². The van der Waals surface area contributed by atoms with Gasteiger partial charge in [0.1, 0.15) is 5.75 Å². The van der Waals surface area contributed by atoms with Crippen LogP contribution in [0.25, 0.3) is 0 Å². The van der Waals surface area contributed by atoms with Crippen LogP contribution in [0.2, 0.25) is 0 Å². The van der Waals surface area contributed by atoms with Gasteiger partial charge in [-0.05, 0) is 30.0 Å². The van der Waals surface area contributed by atoms with E-state index in [0.29, 0.717) is 5.92 Å². The summed E-state index contributed by atoms with van der Waals surface area (Å²) in [6.07, 6.45) is 0. The Morgan fingerprint density at radius 1 is 1.29 bits per heavy atom. The van der Waals surface area contributed by atoms with Crippen molar-refractivity contribution in [3.05, 3.63) is 29.3 Å². The van der Waals surface area contributed by atoms with E-state index in [1.54, 1.807) is 7.11 Å². The van der Waals surface area contributed by atoms with Crippen molar-refractivity contribution in [2.24, 2.45) is 11.7 Å². The van der Waals surface area contributed by atoms with Gasteiger partial charge in [-0.2, -0.15) is 0 Å². The third kappa shape index (κ3) is 2.07. The van der Waals surface area contributed by atoms with Gasteiger partial charge in [-0.3, -0.25) is 0 Å². The highest BCUT2D eigenvalue weighted by Gasteiger charge is 2.14. The first-order valence-electron chi connectivity index (χ1n) is 4.97. The van der Waals surface area contributed by atoms with E-state index in [9.17, 15) is 0 Å². The number of rotatable bonds is 3. The Morgan fingerprint density at radius 2 is 1.93 bits per heavy atom. The lowest BCUT2D eigenvalue weighted by Gasteiger charge is -2.19. The Kier molecular flexibility index (Phi) is 3.53. The minimum atomic E-state index is 0.0881. The predicted molar refractivity (Wildman–Crippen MR) is 59.5 cm³/mol. The minimum Gasteiger partial charge on any atom is -0.496 e. The summed E-state index contributed by atoms with van der Waals surface area (Å²) < 4.78 is 5.26. The van der Waals surface area contributed by atoms with Gasteiger partial charge in [-0.1, -0.05) is 26.0 Å². The predicted octanol–water partition coefficient (Wildman–Crippen LogP) is 2.66. The lowest BCUT2D eigenvalue weighted by molar-refractivity contribution is 0.409. The summed E-state index contributed by atoms with van der Waals surface area (Å²) >= 11 is 0. The van der Waals surface area contributed by atoms with Gasteiger partial charge in [0.25, 0.3) is 0 Å². The van der Waals surface area contributed by atoms with Crippen molar-refractivity contribution < 1.29 is 4.74 Å². The molecule has 0 saturated carbocycles. The Labute approximate surface area is 86.1 Å². The number of ether oxygens (including phenoxy) is 1. The fraction of sp³-hybridized carbons (Fsp3) is 0.500. The normalized spacial score (nSPS) is 13.0. The lowest BCUT2D eigenvalue weighted by Crippen LogP contribution is -2.18. The Balaban J connectivity index is 3.09. The molecule has 0 spiro atoms. The summed E-state index contributed by atoms with van der Waals surface area (Å²) in [5, 5.41) is 0. The van der Waals surface area contributed by atoms with Crippen LogP contribution in [0.15, 0.2) is 18.2 Å². The second-order valence-corrected chi connectivity index (χ2v) is 3.94. The highest BCUT2D eigenvalue weighted by Crippen LogP contribution is 2.28. The molecule has 2 heteroatoms. The molecule has 0 fully saturated rings. The van der Waals surface area contributed by atoms with E-state index < -0.39 is 0 Å². The molecule has 78 valence electrons. The Morgan fingerprint density at radius 3 is 2.43 bits per heavy atom. The van der Waals surface area contributed by atoms with Crippen molar-refractivity contribution in [1.82, 2.24) is 0 Å². The van der Waals surface area contributed by atoms with E-state index in [1.165, 1.54) is 5.56 Å². The van der Waals surface area contributed by atoms with Crippen LogP contribution >= 0.6 is 0 Å². The van der Waals surface area contributed by atoms with Crippen LogP contribution in [0, 0.1) is 12.8 Å². The van der Waals surface area contributed by atoms with E-state index in [1.807, 2.05) is 12.1 Å². The van der Waals surface area contributed by atoms with Crippen molar-refractivity contribution in [3.8, 4) is 5.75 Å². The van der Waals surface area contributed by atoms with Gasteiger partial charge >= 0.3 is 0 Å². The quantitative estimate of drug-likeness (QED) is 0.801. The van der Waals surface area contributed by atoms with Crippen LogP contribution in [-0.2, 0) is 0 Å². The van der Waals surface area contributed by atoms with Gasteiger partial charge in [-0.25, -0.2) is 0 Å². The number of hydrogen-bond donors (Lipinski definition) is 1. The molecule has 1 aromatic carbocycles. The standard InChI is InChI=1S/C12H19NO/c1-8(2)12(13)10-6-5-7-11(14-4)9(10)3/h5-8,12H,13H2,1-4H3. The van der Waals surface area contributed by atoms with Gasteiger partial charge in [0.05, 0.1) is 7.11 Å². The highest BCUT2D eigenvalue weighted by atomic mass is 16.5. The summed E-state index contributed by atoms with van der Waals surface area (Å²) in [6.45, 7) is 6.31. The molecule has 14 heavy (non-hydrogen) atoms. The molecule has 1 atom stereocenters. The molecule has 0 radical (unpaired) electrons. The van der Waals surface area contributed by atoms with Crippen molar-refractivity contribution >= 4 is 0 Å². The minimum absolute atomic E-state index is 0.0881. The summed E-state index contributed by atoms with van der Waals surface area (Å²) in [5.74, 6) is 1.36. The monoisotopic (exact) mass is 193 g/mol. The molecule has 1 unspecified atom stereocenters. The number of nitrogens with two attached hydrogens (primary N) is 1. The Hall–Kier alpha value is -1.02. The average molecular weight is 193 g/mol. The number of benzene rings is 1. The smallest absolute Gasteiger partial charge is 0.122 e. The van der Waals surface area contributed by atoms with Crippen LogP contribution in [0.3, 0.4) is 0 Å². The first-order valence-corrected chi connectivity index (χ1v) is 4.97. The molecule has 0 amide bonds. The average Bonchev–Trinajstić information content (AvgIpc) is 2.17. The first kappa shape index (κ1) is 11.1. The summed E-state index contributed by atoms with van der Waals surface area (Å²) in [4.78, 5) is 0. The molecule has 0 aliphatic rings. The molecule has 1 rings (SSSR count). The van der Waals surface area contributed by atoms with E-state index in [4.69, 9.17) is 10.5 Å². The molecule has 0 aromatic heterocycles. The Bertz CT molecular complexity index is 307. The number of hydrogen-bond acceptors (Lipinski definition) is 2. The molecule has 0 heterocycles. The van der Waals surface area contributed by atoms with Gasteiger partial charge in [0.2, 0.25) is 0 Å². The van der Waals surface area contributed by atoms with Crippen LogP contribution in [-0.4, -0.2) is 7.11 Å². The first-order chi connectivity index (χ1) is 6.57. The summed E-state index contributed by atoms with van der Waals surface area (Å²) in [7, 11) is 1.69. The van der Waals surface area contributed by atoms with Gasteiger partial charge < -0.3 is 10.5 Å². The third-order valence-electron chi connectivity index (χ3n) is 2.62. The molecular weight excluding hydrogens is 174 g/mol. The molecule has 0 aliphatic heterocycles. The van der Waals surface area contributed by atoms with Crippen molar-refractivity contribution in [2.75, 3.05) is 7.11 Å². The highest BCUT2D eigenvalue weighted by molar-refractivity contribution is 5.40. The lowest BCUT2D eigenvalue weighted by atomic mass is 9.93. The van der Waals surface area contributed by atoms with Gasteiger partial charge in [-0.15, -0.1) is 0 Å². The molecule has 2 nitrogen and oxygen atoms in total. The summed E-state index contributed by atoms with van der Waals surface area (Å²) in [6, 6.07) is 6.11. The summed E-state index contributed by atoms with van der Waals surface area (Å²) in [5.41, 5.74) is 8.44. The topological polar surface area (TPSA) is 35.2 Å². The molecule has 1 aromatic rings. The van der Waals surface area contributed by atoms with Crippen LogP contribution < -0.4 is 10.5 Å². The van der Waals surface area contributed by atoms with E-state index in [-0.39, 0.29) is 6.04 Å². The second kappa shape index (κ2) is 4.47. The zero-order chi connectivity index (χ0) is 10.7. The fourth-order valence-corrected chi connectivity index (χ4v) is 1.57. The SMILES string of the molecule is COc1cccc(C(N)C(C)C)c1C. The van der Waals surface area contributed by atoms with Crippen LogP contribution in [0.4, 0.5) is 0 Å². The number of methoxy groups -OCH3 is 1. The zero-order valence-corrected chi connectivity index (χ0v) is 9.37. The van der Waals surface area contributed by atoms with Crippen LogP contribution in [0.1, 0.15) is 31.0 Å². The molecule has 2 N–H and O–H groups in total. The maximum Gasteiger partial charge on any atom is 0.122 e. The molecule has 0 aliphatic carbocycles.